The van der Waals surface area contributed by atoms with Crippen LogP contribution in [0.5, 0.6) is 0 Å². The molecule has 1 amide bonds. The van der Waals surface area contributed by atoms with Gasteiger partial charge in [-0.15, -0.1) is 0 Å². The van der Waals surface area contributed by atoms with Crippen LogP contribution in [-0.2, 0) is 19.4 Å². The molecular weight excluding hydrogens is 346 g/mol. The third-order valence-corrected chi connectivity index (χ3v) is 5.34. The molecule has 0 saturated carbocycles. The first kappa shape index (κ1) is 21.1. The van der Waals surface area contributed by atoms with E-state index in [1.807, 2.05) is 13.8 Å². The van der Waals surface area contributed by atoms with E-state index in [4.69, 9.17) is 4.74 Å². The van der Waals surface area contributed by atoms with E-state index < -0.39 is 27.6 Å². The number of rotatable bonds is 10. The molecule has 1 aromatic rings. The summed E-state index contributed by atoms with van der Waals surface area (Å²) in [6, 6.07) is 5.55. The molecule has 0 aliphatic carbocycles. The van der Waals surface area contributed by atoms with Crippen molar-refractivity contribution in [2.45, 2.75) is 25.2 Å². The van der Waals surface area contributed by atoms with Gasteiger partial charge in [0, 0.05) is 19.2 Å². The number of nitrogens with one attached hydrogen (secondary N) is 1. The van der Waals surface area contributed by atoms with Crippen molar-refractivity contribution in [3.8, 4) is 0 Å². The minimum absolute atomic E-state index is 0.0280. The van der Waals surface area contributed by atoms with Crippen LogP contribution < -0.4 is 5.32 Å². The fourth-order valence-electron chi connectivity index (χ4n) is 2.28. The SMILES string of the molecule is COCCS(=O)(=O)c1ccc(C(=O)NCC(CC(C)C)C(=O)O)cc1. The predicted molar refractivity (Wildman–Crippen MR) is 93.3 cm³/mol. The highest BCUT2D eigenvalue weighted by molar-refractivity contribution is 7.91. The van der Waals surface area contributed by atoms with Gasteiger partial charge in [0.05, 0.1) is 23.2 Å². The van der Waals surface area contributed by atoms with Crippen LogP contribution in [0.3, 0.4) is 0 Å². The molecule has 1 aromatic carbocycles. The third-order valence-electron chi connectivity index (χ3n) is 3.65. The van der Waals surface area contributed by atoms with Crippen LogP contribution >= 0.6 is 0 Å². The molecule has 1 unspecified atom stereocenters. The number of hydrogen-bond donors (Lipinski definition) is 2. The van der Waals surface area contributed by atoms with E-state index in [1.165, 1.54) is 31.4 Å². The summed E-state index contributed by atoms with van der Waals surface area (Å²) in [6.07, 6.45) is 0.465. The van der Waals surface area contributed by atoms with Crippen LogP contribution in [0.1, 0.15) is 30.6 Å². The lowest BCUT2D eigenvalue weighted by Gasteiger charge is -2.15. The second kappa shape index (κ2) is 9.53. The van der Waals surface area contributed by atoms with Gasteiger partial charge in [-0.25, -0.2) is 8.42 Å². The zero-order valence-electron chi connectivity index (χ0n) is 14.7. The molecule has 2 N–H and O–H groups in total. The molecule has 0 aliphatic rings. The van der Waals surface area contributed by atoms with Gasteiger partial charge in [0.2, 0.25) is 0 Å². The molecule has 1 atom stereocenters. The van der Waals surface area contributed by atoms with E-state index in [1.54, 1.807) is 0 Å². The summed E-state index contributed by atoms with van der Waals surface area (Å²) in [5, 5.41) is 11.8. The Balaban J connectivity index is 2.72. The normalized spacial score (nSPS) is 12.8. The zero-order valence-corrected chi connectivity index (χ0v) is 15.5. The Hall–Kier alpha value is -1.93. The Bertz CT molecular complexity index is 682. The van der Waals surface area contributed by atoms with E-state index in [0.29, 0.717) is 6.42 Å². The Morgan fingerprint density at radius 1 is 1.20 bits per heavy atom. The number of carboxylic acid groups (broad SMARTS) is 1. The number of benzene rings is 1. The molecule has 8 heteroatoms. The van der Waals surface area contributed by atoms with Crippen molar-refractivity contribution in [3.05, 3.63) is 29.8 Å². The Morgan fingerprint density at radius 3 is 2.28 bits per heavy atom. The number of hydrogen-bond acceptors (Lipinski definition) is 5. The van der Waals surface area contributed by atoms with Crippen molar-refractivity contribution < 1.29 is 27.9 Å². The van der Waals surface area contributed by atoms with Crippen molar-refractivity contribution in [1.29, 1.82) is 0 Å². The molecule has 0 bridgehead atoms. The van der Waals surface area contributed by atoms with Crippen LogP contribution in [-0.4, -0.2) is 51.4 Å². The fourth-order valence-corrected chi connectivity index (χ4v) is 3.46. The summed E-state index contributed by atoms with van der Waals surface area (Å²) in [4.78, 5) is 23.4. The van der Waals surface area contributed by atoms with Gasteiger partial charge >= 0.3 is 5.97 Å². The number of carboxylic acids is 1. The molecule has 0 heterocycles. The topological polar surface area (TPSA) is 110 Å². The highest BCUT2D eigenvalue weighted by Gasteiger charge is 2.20. The first-order valence-electron chi connectivity index (χ1n) is 8.00. The predicted octanol–water partition coefficient (Wildman–Crippen LogP) is 1.58. The van der Waals surface area contributed by atoms with Gasteiger partial charge in [-0.05, 0) is 36.6 Å². The number of aliphatic carboxylic acids is 1. The molecule has 0 aromatic heterocycles. The number of ether oxygens (including phenoxy) is 1. The molecule has 0 saturated heterocycles. The standard InChI is InChI=1S/C17H25NO6S/c1-12(2)10-14(17(20)21)11-18-16(19)13-4-6-15(7-5-13)25(22,23)9-8-24-3/h4-7,12,14H,8-11H2,1-3H3,(H,18,19)(H,20,21). The monoisotopic (exact) mass is 371 g/mol. The van der Waals surface area contributed by atoms with Gasteiger partial charge < -0.3 is 15.2 Å². The summed E-state index contributed by atoms with van der Waals surface area (Å²) in [5.74, 6) is -1.97. The summed E-state index contributed by atoms with van der Waals surface area (Å²) in [6.45, 7) is 3.96. The quantitative estimate of drug-likeness (QED) is 0.646. The number of methoxy groups -OCH3 is 1. The minimum Gasteiger partial charge on any atom is -0.481 e. The maximum absolute atomic E-state index is 12.1. The Morgan fingerprint density at radius 2 is 1.80 bits per heavy atom. The Labute approximate surface area is 148 Å². The first-order chi connectivity index (χ1) is 11.7. The Kier molecular flexibility index (Phi) is 8.05. The van der Waals surface area contributed by atoms with Gasteiger partial charge in [-0.3, -0.25) is 9.59 Å². The highest BCUT2D eigenvalue weighted by atomic mass is 32.2. The average Bonchev–Trinajstić information content (AvgIpc) is 2.56. The van der Waals surface area contributed by atoms with Gasteiger partial charge in [-0.1, -0.05) is 13.8 Å². The van der Waals surface area contributed by atoms with E-state index >= 15 is 0 Å². The minimum atomic E-state index is -3.45. The molecule has 0 spiro atoms. The van der Waals surface area contributed by atoms with Gasteiger partial charge in [0.15, 0.2) is 9.84 Å². The number of amides is 1. The van der Waals surface area contributed by atoms with Crippen molar-refractivity contribution in [1.82, 2.24) is 5.32 Å². The average molecular weight is 371 g/mol. The lowest BCUT2D eigenvalue weighted by atomic mass is 9.97. The summed E-state index contributed by atoms with van der Waals surface area (Å²) >= 11 is 0. The van der Waals surface area contributed by atoms with E-state index in [0.717, 1.165) is 0 Å². The molecular formula is C17H25NO6S. The molecule has 1 rings (SSSR count). The fraction of sp³-hybridized carbons (Fsp3) is 0.529. The van der Waals surface area contributed by atoms with Crippen molar-refractivity contribution in [2.75, 3.05) is 26.0 Å². The van der Waals surface area contributed by atoms with Crippen LogP contribution in [0.4, 0.5) is 0 Å². The van der Waals surface area contributed by atoms with Crippen LogP contribution in [0.15, 0.2) is 29.2 Å². The van der Waals surface area contributed by atoms with Crippen LogP contribution in [0, 0.1) is 11.8 Å². The lowest BCUT2D eigenvalue weighted by Crippen LogP contribution is -2.33. The maximum Gasteiger partial charge on any atom is 0.308 e. The molecule has 0 fully saturated rings. The summed E-state index contributed by atoms with van der Waals surface area (Å²) < 4.78 is 28.8. The molecule has 0 aliphatic heterocycles. The molecule has 140 valence electrons. The first-order valence-corrected chi connectivity index (χ1v) is 9.65. The second-order valence-electron chi connectivity index (χ2n) is 6.21. The molecule has 25 heavy (non-hydrogen) atoms. The molecule has 0 radical (unpaired) electrons. The number of carbonyl (C=O) groups excluding carboxylic acids is 1. The maximum atomic E-state index is 12.1. The third kappa shape index (κ3) is 6.83. The summed E-state index contributed by atoms with van der Waals surface area (Å²) in [7, 11) is -2.03. The molecule has 7 nitrogen and oxygen atoms in total. The highest BCUT2D eigenvalue weighted by Crippen LogP contribution is 2.14. The number of carbonyl (C=O) groups is 2. The van der Waals surface area contributed by atoms with Gasteiger partial charge in [0.25, 0.3) is 5.91 Å². The van der Waals surface area contributed by atoms with E-state index in [2.05, 4.69) is 5.32 Å². The van der Waals surface area contributed by atoms with E-state index in [-0.39, 0.29) is 35.3 Å². The smallest absolute Gasteiger partial charge is 0.308 e. The second-order valence-corrected chi connectivity index (χ2v) is 8.32. The van der Waals surface area contributed by atoms with Crippen LogP contribution in [0.25, 0.3) is 0 Å². The van der Waals surface area contributed by atoms with Crippen molar-refractivity contribution in [3.63, 3.8) is 0 Å². The zero-order chi connectivity index (χ0) is 19.0. The van der Waals surface area contributed by atoms with E-state index in [9.17, 15) is 23.1 Å². The number of sulfone groups is 1. The summed E-state index contributed by atoms with van der Waals surface area (Å²) in [5.41, 5.74) is 0.277. The van der Waals surface area contributed by atoms with Crippen LogP contribution in [0.2, 0.25) is 0 Å². The lowest BCUT2D eigenvalue weighted by molar-refractivity contribution is -0.142. The van der Waals surface area contributed by atoms with Gasteiger partial charge in [0.1, 0.15) is 0 Å². The van der Waals surface area contributed by atoms with Crippen molar-refractivity contribution in [2.24, 2.45) is 11.8 Å². The largest absolute Gasteiger partial charge is 0.481 e. The van der Waals surface area contributed by atoms with Crippen molar-refractivity contribution >= 4 is 21.7 Å². The van der Waals surface area contributed by atoms with Gasteiger partial charge in [-0.2, -0.15) is 0 Å².